The molecule has 132 valence electrons. The van der Waals surface area contributed by atoms with Gasteiger partial charge in [-0.2, -0.15) is 0 Å². The standard InChI is InChI=1S/C17H16F3N3O2/c18-12-3-4-13(16(20)15(12)19)23-17(24)14-8-10(5-6-21-14)22-9-11-2-1-7-25-11/h3-6,8,11H,1-2,7,9H2,(H,21,22)(H,23,24). The monoisotopic (exact) mass is 351 g/mol. The van der Waals surface area contributed by atoms with Crippen molar-refractivity contribution in [3.63, 3.8) is 0 Å². The first-order chi connectivity index (χ1) is 12.0. The van der Waals surface area contributed by atoms with E-state index in [-0.39, 0.29) is 11.8 Å². The van der Waals surface area contributed by atoms with Gasteiger partial charge in [-0.15, -0.1) is 0 Å². The Hall–Kier alpha value is -2.61. The fourth-order valence-electron chi connectivity index (χ4n) is 2.51. The smallest absolute Gasteiger partial charge is 0.274 e. The second kappa shape index (κ2) is 7.52. The number of pyridine rings is 1. The number of aromatic nitrogens is 1. The van der Waals surface area contributed by atoms with E-state index in [9.17, 15) is 18.0 Å². The van der Waals surface area contributed by atoms with E-state index in [4.69, 9.17) is 4.74 Å². The van der Waals surface area contributed by atoms with Crippen LogP contribution in [0.15, 0.2) is 30.5 Å². The number of hydrogen-bond acceptors (Lipinski definition) is 4. The van der Waals surface area contributed by atoms with E-state index in [1.165, 1.54) is 12.3 Å². The van der Waals surface area contributed by atoms with Crippen LogP contribution in [0.5, 0.6) is 0 Å². The Bertz CT molecular complexity index is 780. The van der Waals surface area contributed by atoms with Crippen molar-refractivity contribution in [1.29, 1.82) is 0 Å². The third-order valence-corrected chi connectivity index (χ3v) is 3.83. The van der Waals surface area contributed by atoms with Gasteiger partial charge in [-0.25, -0.2) is 13.2 Å². The van der Waals surface area contributed by atoms with E-state index >= 15 is 0 Å². The molecule has 3 rings (SSSR count). The van der Waals surface area contributed by atoms with Gasteiger partial charge in [0.15, 0.2) is 17.5 Å². The van der Waals surface area contributed by atoms with Crippen LogP contribution < -0.4 is 10.6 Å². The first-order valence-corrected chi connectivity index (χ1v) is 7.81. The highest BCUT2D eigenvalue weighted by molar-refractivity contribution is 6.03. The zero-order valence-electron chi connectivity index (χ0n) is 13.2. The Balaban J connectivity index is 1.67. The predicted octanol–water partition coefficient (Wildman–Crippen LogP) is 3.34. The quantitative estimate of drug-likeness (QED) is 0.811. The highest BCUT2D eigenvalue weighted by Crippen LogP contribution is 2.20. The fourth-order valence-corrected chi connectivity index (χ4v) is 2.51. The average molecular weight is 351 g/mol. The zero-order chi connectivity index (χ0) is 17.8. The number of rotatable bonds is 5. The number of amides is 1. The Morgan fingerprint density at radius 3 is 2.84 bits per heavy atom. The number of nitrogens with zero attached hydrogens (tertiary/aromatic N) is 1. The summed E-state index contributed by atoms with van der Waals surface area (Å²) < 4.78 is 45.3. The third-order valence-electron chi connectivity index (χ3n) is 3.83. The molecule has 1 aromatic carbocycles. The molecule has 1 atom stereocenters. The summed E-state index contributed by atoms with van der Waals surface area (Å²) in [6.07, 6.45) is 3.55. The van der Waals surface area contributed by atoms with Crippen LogP contribution in [0.2, 0.25) is 0 Å². The van der Waals surface area contributed by atoms with Crippen molar-refractivity contribution in [2.75, 3.05) is 23.8 Å². The number of halogens is 3. The summed E-state index contributed by atoms with van der Waals surface area (Å²) in [4.78, 5) is 16.1. The molecule has 0 bridgehead atoms. The van der Waals surface area contributed by atoms with Gasteiger partial charge in [0.25, 0.3) is 5.91 Å². The van der Waals surface area contributed by atoms with Gasteiger partial charge in [-0.1, -0.05) is 0 Å². The molecule has 1 aromatic heterocycles. The molecule has 5 nitrogen and oxygen atoms in total. The van der Waals surface area contributed by atoms with Crippen LogP contribution in [-0.4, -0.2) is 30.1 Å². The molecule has 2 N–H and O–H groups in total. The topological polar surface area (TPSA) is 63.2 Å². The highest BCUT2D eigenvalue weighted by Gasteiger charge is 2.18. The molecular weight excluding hydrogens is 335 g/mol. The molecule has 1 unspecified atom stereocenters. The lowest BCUT2D eigenvalue weighted by Crippen LogP contribution is -2.19. The van der Waals surface area contributed by atoms with E-state index < -0.39 is 29.0 Å². The highest BCUT2D eigenvalue weighted by atomic mass is 19.2. The SMILES string of the molecule is O=C(Nc1ccc(F)c(F)c1F)c1cc(NCC2CCCO2)ccn1. The maximum absolute atomic E-state index is 13.6. The molecular formula is C17H16F3N3O2. The lowest BCUT2D eigenvalue weighted by molar-refractivity contribution is 0.102. The summed E-state index contributed by atoms with van der Waals surface area (Å²) in [5.41, 5.74) is 0.214. The Morgan fingerprint density at radius 1 is 1.24 bits per heavy atom. The Labute approximate surface area is 142 Å². The third kappa shape index (κ3) is 4.08. The van der Waals surface area contributed by atoms with E-state index in [1.807, 2.05) is 0 Å². The number of nitrogens with one attached hydrogen (secondary N) is 2. The fraction of sp³-hybridized carbons (Fsp3) is 0.294. The van der Waals surface area contributed by atoms with Gasteiger partial charge < -0.3 is 15.4 Å². The minimum absolute atomic E-state index is 0.0153. The van der Waals surface area contributed by atoms with Crippen LogP contribution in [0.3, 0.4) is 0 Å². The second-order valence-electron chi connectivity index (χ2n) is 5.62. The summed E-state index contributed by atoms with van der Waals surface area (Å²) in [7, 11) is 0. The number of ether oxygens (including phenoxy) is 1. The summed E-state index contributed by atoms with van der Waals surface area (Å²) >= 11 is 0. The molecule has 0 radical (unpaired) electrons. The normalized spacial score (nSPS) is 16.7. The molecule has 2 aromatic rings. The van der Waals surface area contributed by atoms with Gasteiger partial charge in [0, 0.05) is 25.0 Å². The van der Waals surface area contributed by atoms with E-state index in [0.29, 0.717) is 12.2 Å². The number of carbonyl (C=O) groups excluding carboxylic acids is 1. The minimum Gasteiger partial charge on any atom is -0.382 e. The van der Waals surface area contributed by atoms with Crippen LogP contribution in [0.25, 0.3) is 0 Å². The maximum atomic E-state index is 13.6. The van der Waals surface area contributed by atoms with Crippen molar-refractivity contribution < 1.29 is 22.7 Å². The van der Waals surface area contributed by atoms with E-state index in [1.54, 1.807) is 6.07 Å². The average Bonchev–Trinajstić information content (AvgIpc) is 3.14. The van der Waals surface area contributed by atoms with Gasteiger partial charge in [-0.05, 0) is 37.1 Å². The zero-order valence-corrected chi connectivity index (χ0v) is 13.2. The molecule has 1 aliphatic heterocycles. The van der Waals surface area contributed by atoms with Gasteiger partial charge in [-0.3, -0.25) is 9.78 Å². The van der Waals surface area contributed by atoms with Crippen LogP contribution in [0.4, 0.5) is 24.5 Å². The van der Waals surface area contributed by atoms with Crippen molar-refractivity contribution in [3.8, 4) is 0 Å². The molecule has 2 heterocycles. The van der Waals surface area contributed by atoms with Crippen molar-refractivity contribution in [1.82, 2.24) is 4.98 Å². The van der Waals surface area contributed by atoms with Crippen LogP contribution >= 0.6 is 0 Å². The lowest BCUT2D eigenvalue weighted by Gasteiger charge is -2.12. The number of benzene rings is 1. The molecule has 8 heteroatoms. The molecule has 0 saturated carbocycles. The molecule has 1 fully saturated rings. The summed E-state index contributed by atoms with van der Waals surface area (Å²) in [6, 6.07) is 4.86. The molecule has 1 amide bonds. The van der Waals surface area contributed by atoms with Crippen molar-refractivity contribution in [3.05, 3.63) is 53.6 Å². The molecule has 1 aliphatic rings. The largest absolute Gasteiger partial charge is 0.382 e. The Morgan fingerprint density at radius 2 is 2.08 bits per heavy atom. The molecule has 25 heavy (non-hydrogen) atoms. The molecule has 1 saturated heterocycles. The maximum Gasteiger partial charge on any atom is 0.274 e. The first kappa shape index (κ1) is 17.2. The van der Waals surface area contributed by atoms with Crippen LogP contribution in [0.1, 0.15) is 23.3 Å². The lowest BCUT2D eigenvalue weighted by atomic mass is 10.2. The summed E-state index contributed by atoms with van der Waals surface area (Å²) in [5.74, 6) is -5.15. The van der Waals surface area contributed by atoms with Gasteiger partial charge in [0.05, 0.1) is 11.8 Å². The van der Waals surface area contributed by atoms with Gasteiger partial charge in [0.2, 0.25) is 0 Å². The van der Waals surface area contributed by atoms with Crippen molar-refractivity contribution in [2.45, 2.75) is 18.9 Å². The van der Waals surface area contributed by atoms with E-state index in [0.717, 1.165) is 31.6 Å². The Kier molecular flexibility index (Phi) is 5.18. The first-order valence-electron chi connectivity index (χ1n) is 7.81. The second-order valence-corrected chi connectivity index (χ2v) is 5.62. The predicted molar refractivity (Wildman–Crippen MR) is 86.0 cm³/mol. The van der Waals surface area contributed by atoms with Gasteiger partial charge >= 0.3 is 0 Å². The van der Waals surface area contributed by atoms with Crippen molar-refractivity contribution in [2.24, 2.45) is 0 Å². The number of carbonyl (C=O) groups is 1. The molecule has 0 spiro atoms. The summed E-state index contributed by atoms with van der Waals surface area (Å²) in [6.45, 7) is 1.35. The van der Waals surface area contributed by atoms with Crippen LogP contribution in [0, 0.1) is 17.5 Å². The van der Waals surface area contributed by atoms with Crippen molar-refractivity contribution >= 4 is 17.3 Å². The number of anilines is 2. The minimum atomic E-state index is -1.64. The van der Waals surface area contributed by atoms with Crippen LogP contribution in [-0.2, 0) is 4.74 Å². The number of hydrogen-bond donors (Lipinski definition) is 2. The van der Waals surface area contributed by atoms with Gasteiger partial charge in [0.1, 0.15) is 5.69 Å². The molecule has 0 aliphatic carbocycles. The van der Waals surface area contributed by atoms with E-state index in [2.05, 4.69) is 15.6 Å². The summed E-state index contributed by atoms with van der Waals surface area (Å²) in [5, 5.41) is 5.33.